The lowest BCUT2D eigenvalue weighted by Gasteiger charge is -2.21. The minimum absolute atomic E-state index is 0.00629. The fraction of sp³-hybridized carbons (Fsp3) is 0.389. The Labute approximate surface area is 161 Å². The summed E-state index contributed by atoms with van der Waals surface area (Å²) in [4.78, 5) is 27.4. The molecule has 1 aliphatic carbocycles. The number of ether oxygens (including phenoxy) is 2. The van der Waals surface area contributed by atoms with Gasteiger partial charge in [0.15, 0.2) is 16.2 Å². The standard InChI is InChI=1S/C18H19ClN2O4S/c1-9-4-5-11(8-12(9)19)14(10-6-7-10)21-15(17(23)25-3)13(16(22)24-2)20-18(21)26/h4-5,8,10,14H,6-7H2,1-3H3,(H,20,26). The number of aromatic amines is 1. The quantitative estimate of drug-likeness (QED) is 0.611. The maximum absolute atomic E-state index is 12.4. The first-order chi connectivity index (χ1) is 12.4. The van der Waals surface area contributed by atoms with Crippen molar-refractivity contribution in [3.05, 3.63) is 50.5 Å². The Hall–Kier alpha value is -2.12. The van der Waals surface area contributed by atoms with Gasteiger partial charge in [-0.2, -0.15) is 0 Å². The number of H-pyrrole nitrogens is 1. The van der Waals surface area contributed by atoms with E-state index in [4.69, 9.17) is 33.3 Å². The van der Waals surface area contributed by atoms with Gasteiger partial charge < -0.3 is 19.0 Å². The summed E-state index contributed by atoms with van der Waals surface area (Å²) in [5, 5.41) is 0.642. The molecule has 0 aliphatic heterocycles. The molecule has 3 rings (SSSR count). The molecule has 6 nitrogen and oxygen atoms in total. The lowest BCUT2D eigenvalue weighted by atomic mass is 10.0. The first-order valence-corrected chi connectivity index (χ1v) is 8.94. The number of halogens is 1. The van der Waals surface area contributed by atoms with Crippen LogP contribution in [0.1, 0.15) is 51.0 Å². The van der Waals surface area contributed by atoms with Crippen LogP contribution in [0.2, 0.25) is 5.02 Å². The SMILES string of the molecule is COC(=O)c1[nH]c(=S)n(C(c2ccc(C)c(Cl)c2)C2CC2)c1C(=O)OC. The second kappa shape index (κ2) is 7.25. The van der Waals surface area contributed by atoms with Crippen LogP contribution in [0.4, 0.5) is 0 Å². The molecule has 1 fully saturated rings. The number of aromatic nitrogens is 2. The fourth-order valence-electron chi connectivity index (χ4n) is 3.10. The summed E-state index contributed by atoms with van der Waals surface area (Å²) in [6.45, 7) is 1.93. The first kappa shape index (κ1) is 18.7. The first-order valence-electron chi connectivity index (χ1n) is 8.16. The molecule has 0 radical (unpaired) electrons. The molecule has 0 spiro atoms. The molecule has 8 heteroatoms. The summed E-state index contributed by atoms with van der Waals surface area (Å²) in [6, 6.07) is 5.57. The highest BCUT2D eigenvalue weighted by molar-refractivity contribution is 7.71. The predicted molar refractivity (Wildman–Crippen MR) is 99.3 cm³/mol. The maximum Gasteiger partial charge on any atom is 0.357 e. The predicted octanol–water partition coefficient (Wildman–Crippen LogP) is 4.08. The van der Waals surface area contributed by atoms with E-state index < -0.39 is 11.9 Å². The Morgan fingerprint density at radius 1 is 1.27 bits per heavy atom. The maximum atomic E-state index is 12.4. The molecule has 138 valence electrons. The molecular formula is C18H19ClN2O4S. The number of aryl methyl sites for hydroxylation is 1. The Bertz CT molecular complexity index is 930. The van der Waals surface area contributed by atoms with E-state index in [2.05, 4.69) is 4.98 Å². The number of carbonyl (C=O) groups is 2. The summed E-state index contributed by atoms with van der Waals surface area (Å²) < 4.78 is 11.6. The number of rotatable bonds is 5. The molecule has 1 unspecified atom stereocenters. The van der Waals surface area contributed by atoms with Crippen molar-refractivity contribution >= 4 is 35.8 Å². The number of esters is 2. The van der Waals surface area contributed by atoms with E-state index in [0.717, 1.165) is 24.0 Å². The van der Waals surface area contributed by atoms with Crippen molar-refractivity contribution in [3.8, 4) is 0 Å². The van der Waals surface area contributed by atoms with E-state index in [-0.39, 0.29) is 22.2 Å². The van der Waals surface area contributed by atoms with Crippen LogP contribution in [-0.2, 0) is 9.47 Å². The summed E-state index contributed by atoms with van der Waals surface area (Å²) in [7, 11) is 2.51. The Morgan fingerprint density at radius 3 is 2.46 bits per heavy atom. The molecule has 1 N–H and O–H groups in total. The third kappa shape index (κ3) is 3.29. The normalized spacial score (nSPS) is 14.8. The van der Waals surface area contributed by atoms with Crippen molar-refractivity contribution in [1.82, 2.24) is 9.55 Å². The van der Waals surface area contributed by atoms with Gasteiger partial charge in [0.2, 0.25) is 0 Å². The zero-order valence-corrected chi connectivity index (χ0v) is 16.2. The van der Waals surface area contributed by atoms with E-state index >= 15 is 0 Å². The van der Waals surface area contributed by atoms with Crippen LogP contribution in [-0.4, -0.2) is 35.7 Å². The molecule has 1 heterocycles. The van der Waals surface area contributed by atoms with Crippen molar-refractivity contribution in [1.29, 1.82) is 0 Å². The average Bonchev–Trinajstić information content (AvgIpc) is 3.40. The summed E-state index contributed by atoms with van der Waals surface area (Å²) in [5.41, 5.74) is 1.96. The van der Waals surface area contributed by atoms with Gasteiger partial charge in [0, 0.05) is 5.02 Å². The number of methoxy groups -OCH3 is 2. The van der Waals surface area contributed by atoms with Gasteiger partial charge in [-0.1, -0.05) is 23.7 Å². The van der Waals surface area contributed by atoms with Gasteiger partial charge in [-0.3, -0.25) is 0 Å². The van der Waals surface area contributed by atoms with Crippen molar-refractivity contribution in [3.63, 3.8) is 0 Å². The Morgan fingerprint density at radius 2 is 1.92 bits per heavy atom. The van der Waals surface area contributed by atoms with Gasteiger partial charge in [0.25, 0.3) is 0 Å². The molecule has 1 atom stereocenters. The van der Waals surface area contributed by atoms with Crippen LogP contribution in [0, 0.1) is 17.6 Å². The van der Waals surface area contributed by atoms with Crippen molar-refractivity contribution in [2.75, 3.05) is 14.2 Å². The van der Waals surface area contributed by atoms with E-state index in [1.54, 1.807) is 4.57 Å². The third-order valence-electron chi connectivity index (χ3n) is 4.58. The van der Waals surface area contributed by atoms with Crippen molar-refractivity contribution in [2.45, 2.75) is 25.8 Å². The van der Waals surface area contributed by atoms with Crippen molar-refractivity contribution in [2.24, 2.45) is 5.92 Å². The second-order valence-corrected chi connectivity index (χ2v) is 7.09. The summed E-state index contributed by atoms with van der Waals surface area (Å²) in [6.07, 6.45) is 1.99. The van der Waals surface area contributed by atoms with Crippen LogP contribution >= 0.6 is 23.8 Å². The Balaban J connectivity index is 2.23. The monoisotopic (exact) mass is 394 g/mol. The third-order valence-corrected chi connectivity index (χ3v) is 5.29. The number of benzene rings is 1. The van der Waals surface area contributed by atoms with Crippen molar-refractivity contribution < 1.29 is 19.1 Å². The highest BCUT2D eigenvalue weighted by Gasteiger charge is 2.38. The van der Waals surface area contributed by atoms with E-state index in [9.17, 15) is 9.59 Å². The molecule has 1 aromatic carbocycles. The highest BCUT2D eigenvalue weighted by atomic mass is 35.5. The van der Waals surface area contributed by atoms with Crippen LogP contribution in [0.3, 0.4) is 0 Å². The molecule has 2 aromatic rings. The summed E-state index contributed by atoms with van der Waals surface area (Å²) >= 11 is 11.7. The average molecular weight is 395 g/mol. The van der Waals surface area contributed by atoms with E-state index in [0.29, 0.717) is 10.9 Å². The topological polar surface area (TPSA) is 73.3 Å². The zero-order chi connectivity index (χ0) is 19.0. The smallest absolute Gasteiger partial charge is 0.357 e. The minimum atomic E-state index is -0.674. The molecule has 0 bridgehead atoms. The van der Waals surface area contributed by atoms with Crippen LogP contribution < -0.4 is 0 Å². The molecule has 1 saturated carbocycles. The molecule has 0 amide bonds. The van der Waals surface area contributed by atoms with Gasteiger partial charge in [-0.15, -0.1) is 0 Å². The second-order valence-electron chi connectivity index (χ2n) is 6.30. The zero-order valence-electron chi connectivity index (χ0n) is 14.7. The van der Waals surface area contributed by atoms with Gasteiger partial charge in [0.1, 0.15) is 0 Å². The number of nitrogens with zero attached hydrogens (tertiary/aromatic N) is 1. The Kier molecular flexibility index (Phi) is 5.20. The lowest BCUT2D eigenvalue weighted by molar-refractivity contribution is 0.0542. The van der Waals surface area contributed by atoms with Crippen LogP contribution in [0.5, 0.6) is 0 Å². The molecule has 1 aliphatic rings. The molecule has 26 heavy (non-hydrogen) atoms. The molecule has 1 aromatic heterocycles. The van der Waals surface area contributed by atoms with Crippen LogP contribution in [0.15, 0.2) is 18.2 Å². The number of hydrogen-bond acceptors (Lipinski definition) is 5. The van der Waals surface area contributed by atoms with Gasteiger partial charge in [-0.25, -0.2) is 9.59 Å². The largest absolute Gasteiger partial charge is 0.464 e. The van der Waals surface area contributed by atoms with Gasteiger partial charge in [-0.05, 0) is 55.1 Å². The van der Waals surface area contributed by atoms with E-state index in [1.807, 2.05) is 25.1 Å². The molecule has 0 saturated heterocycles. The van der Waals surface area contributed by atoms with E-state index in [1.165, 1.54) is 14.2 Å². The number of nitrogens with one attached hydrogen (secondary N) is 1. The lowest BCUT2D eigenvalue weighted by Crippen LogP contribution is -2.21. The van der Waals surface area contributed by atoms with Crippen LogP contribution in [0.25, 0.3) is 0 Å². The number of carbonyl (C=O) groups excluding carboxylic acids is 2. The highest BCUT2D eigenvalue weighted by Crippen LogP contribution is 2.45. The number of hydrogen-bond donors (Lipinski definition) is 1. The fourth-order valence-corrected chi connectivity index (χ4v) is 3.59. The summed E-state index contributed by atoms with van der Waals surface area (Å²) in [5.74, 6) is -1.03. The van der Waals surface area contributed by atoms with Gasteiger partial charge in [0.05, 0.1) is 20.3 Å². The molecular weight excluding hydrogens is 376 g/mol. The van der Waals surface area contributed by atoms with Gasteiger partial charge >= 0.3 is 11.9 Å². The minimum Gasteiger partial charge on any atom is -0.464 e. The number of imidazole rings is 1.